The maximum absolute atomic E-state index is 13.1. The van der Waals surface area contributed by atoms with E-state index in [4.69, 9.17) is 0 Å². The highest BCUT2D eigenvalue weighted by molar-refractivity contribution is 6.01. The van der Waals surface area contributed by atoms with Crippen molar-refractivity contribution in [2.24, 2.45) is 0 Å². The van der Waals surface area contributed by atoms with Crippen LogP contribution in [0.15, 0.2) is 79.0 Å². The zero-order valence-electron chi connectivity index (χ0n) is 16.7. The Morgan fingerprint density at radius 1 is 0.833 bits per heavy atom. The third-order valence-corrected chi connectivity index (χ3v) is 4.42. The van der Waals surface area contributed by atoms with Crippen molar-refractivity contribution in [3.63, 3.8) is 0 Å². The number of benzene rings is 2. The van der Waals surface area contributed by atoms with Crippen molar-refractivity contribution < 1.29 is 14.4 Å². The van der Waals surface area contributed by atoms with Gasteiger partial charge in [0, 0.05) is 37.1 Å². The van der Waals surface area contributed by atoms with Gasteiger partial charge in [-0.1, -0.05) is 24.3 Å². The summed E-state index contributed by atoms with van der Waals surface area (Å²) in [6, 6.07) is 19.8. The van der Waals surface area contributed by atoms with E-state index in [1.165, 1.54) is 11.8 Å². The van der Waals surface area contributed by atoms with Crippen molar-refractivity contribution in [1.82, 2.24) is 9.88 Å². The summed E-state index contributed by atoms with van der Waals surface area (Å²) in [5.41, 5.74) is 2.06. The van der Waals surface area contributed by atoms with Gasteiger partial charge in [-0.2, -0.15) is 0 Å². The molecule has 0 saturated carbocycles. The highest BCUT2D eigenvalue weighted by Crippen LogP contribution is 2.22. The predicted octanol–water partition coefficient (Wildman–Crippen LogP) is 3.49. The summed E-state index contributed by atoms with van der Waals surface area (Å²) in [7, 11) is 1.56. The van der Waals surface area contributed by atoms with E-state index in [0.717, 1.165) is 0 Å². The average Bonchev–Trinajstić information content (AvgIpc) is 2.75. The number of para-hydroxylation sites is 1. The highest BCUT2D eigenvalue weighted by Gasteiger charge is 2.30. The minimum absolute atomic E-state index is 0.195. The van der Waals surface area contributed by atoms with Crippen LogP contribution in [0.3, 0.4) is 0 Å². The van der Waals surface area contributed by atoms with Gasteiger partial charge < -0.3 is 15.5 Å². The minimum atomic E-state index is -0.922. The first-order valence-electron chi connectivity index (χ1n) is 9.37. The van der Waals surface area contributed by atoms with Crippen LogP contribution in [-0.4, -0.2) is 34.7 Å². The highest BCUT2D eigenvalue weighted by atomic mass is 16.2. The van der Waals surface area contributed by atoms with Crippen molar-refractivity contribution in [3.05, 3.63) is 90.3 Å². The minimum Gasteiger partial charge on any atom is -0.326 e. The van der Waals surface area contributed by atoms with Crippen molar-refractivity contribution in [2.45, 2.75) is 13.0 Å². The van der Waals surface area contributed by atoms with E-state index in [-0.39, 0.29) is 17.7 Å². The van der Waals surface area contributed by atoms with Gasteiger partial charge in [0.05, 0.1) is 5.69 Å². The van der Waals surface area contributed by atoms with Gasteiger partial charge in [-0.15, -0.1) is 0 Å². The summed E-state index contributed by atoms with van der Waals surface area (Å²) in [4.78, 5) is 43.0. The number of rotatable bonds is 6. The molecule has 0 aliphatic carbocycles. The average molecular weight is 402 g/mol. The monoisotopic (exact) mass is 402 g/mol. The van der Waals surface area contributed by atoms with Crippen molar-refractivity contribution >= 4 is 29.1 Å². The largest absolute Gasteiger partial charge is 0.326 e. The summed E-state index contributed by atoms with van der Waals surface area (Å²) in [6.45, 7) is 1.41. The molecule has 30 heavy (non-hydrogen) atoms. The van der Waals surface area contributed by atoms with Crippen molar-refractivity contribution in [3.8, 4) is 0 Å². The maximum Gasteiger partial charge on any atom is 0.254 e. The summed E-state index contributed by atoms with van der Waals surface area (Å²) in [5.74, 6) is -0.909. The number of nitrogens with one attached hydrogen (secondary N) is 2. The number of aromatic nitrogens is 1. The molecule has 0 fully saturated rings. The molecular weight excluding hydrogens is 380 g/mol. The second kappa shape index (κ2) is 9.47. The Kier molecular flexibility index (Phi) is 6.54. The number of hydrogen-bond donors (Lipinski definition) is 2. The number of amides is 3. The van der Waals surface area contributed by atoms with Crippen LogP contribution in [0.5, 0.6) is 0 Å². The fourth-order valence-corrected chi connectivity index (χ4v) is 3.00. The molecule has 3 amide bonds. The first kappa shape index (κ1) is 20.7. The summed E-state index contributed by atoms with van der Waals surface area (Å²) in [5, 5.41) is 5.49. The normalized spacial score (nSPS) is 11.3. The number of hydrogen-bond acceptors (Lipinski definition) is 4. The van der Waals surface area contributed by atoms with Gasteiger partial charge in [-0.05, 0) is 48.5 Å². The Morgan fingerprint density at radius 2 is 1.47 bits per heavy atom. The molecule has 3 aromatic rings. The van der Waals surface area contributed by atoms with Crippen LogP contribution in [0.4, 0.5) is 11.4 Å². The molecule has 3 rings (SSSR count). The molecule has 0 aliphatic heterocycles. The predicted molar refractivity (Wildman–Crippen MR) is 115 cm³/mol. The molecule has 0 radical (unpaired) electrons. The molecule has 1 aromatic heterocycles. The smallest absolute Gasteiger partial charge is 0.254 e. The summed E-state index contributed by atoms with van der Waals surface area (Å²) in [6.07, 6.45) is 1.58. The van der Waals surface area contributed by atoms with Crippen LogP contribution in [0.2, 0.25) is 0 Å². The molecular formula is C23H22N4O3. The lowest BCUT2D eigenvalue weighted by Crippen LogP contribution is -2.39. The Labute approximate surface area is 174 Å². The lowest BCUT2D eigenvalue weighted by atomic mass is 10.1. The zero-order chi connectivity index (χ0) is 21.5. The van der Waals surface area contributed by atoms with E-state index in [1.807, 2.05) is 18.2 Å². The standard InChI is InChI=1S/C23H22N4O3/c1-16(28)25-19-13-11-17(12-14-19)23(30)27(2)21(20-10-6-7-15-24-20)22(29)26-18-8-4-3-5-9-18/h3-15,21H,1-2H3,(H,25,28)(H,26,29). The topological polar surface area (TPSA) is 91.4 Å². The third-order valence-electron chi connectivity index (χ3n) is 4.42. The van der Waals surface area contributed by atoms with E-state index in [1.54, 1.807) is 67.8 Å². The van der Waals surface area contributed by atoms with Crippen LogP contribution in [-0.2, 0) is 9.59 Å². The summed E-state index contributed by atoms with van der Waals surface area (Å²) < 4.78 is 0. The molecule has 0 saturated heterocycles. The quantitative estimate of drug-likeness (QED) is 0.660. The molecule has 152 valence electrons. The molecule has 7 heteroatoms. The van der Waals surface area contributed by atoms with E-state index < -0.39 is 6.04 Å². The lowest BCUT2D eigenvalue weighted by Gasteiger charge is -2.27. The molecule has 7 nitrogen and oxygen atoms in total. The fraction of sp³-hybridized carbons (Fsp3) is 0.130. The van der Waals surface area contributed by atoms with Gasteiger partial charge in [0.2, 0.25) is 5.91 Å². The van der Waals surface area contributed by atoms with Crippen LogP contribution in [0, 0.1) is 0 Å². The first-order chi connectivity index (χ1) is 14.5. The SMILES string of the molecule is CC(=O)Nc1ccc(C(=O)N(C)C(C(=O)Nc2ccccc2)c2ccccn2)cc1. The molecule has 1 unspecified atom stereocenters. The van der Waals surface area contributed by atoms with E-state index >= 15 is 0 Å². The second-order valence-corrected chi connectivity index (χ2v) is 6.69. The molecule has 1 atom stereocenters. The van der Waals surface area contributed by atoms with Gasteiger partial charge in [0.25, 0.3) is 11.8 Å². The van der Waals surface area contributed by atoms with Crippen molar-refractivity contribution in [2.75, 3.05) is 17.7 Å². The van der Waals surface area contributed by atoms with E-state index in [0.29, 0.717) is 22.6 Å². The van der Waals surface area contributed by atoms with Crippen LogP contribution in [0.1, 0.15) is 29.0 Å². The molecule has 0 spiro atoms. The summed E-state index contributed by atoms with van der Waals surface area (Å²) >= 11 is 0. The van der Waals surface area contributed by atoms with Crippen molar-refractivity contribution in [1.29, 1.82) is 0 Å². The van der Waals surface area contributed by atoms with Crippen LogP contribution in [0.25, 0.3) is 0 Å². The second-order valence-electron chi connectivity index (χ2n) is 6.69. The van der Waals surface area contributed by atoms with Gasteiger partial charge in [0.15, 0.2) is 6.04 Å². The maximum atomic E-state index is 13.1. The molecule has 2 aromatic carbocycles. The number of nitrogens with zero attached hydrogens (tertiary/aromatic N) is 2. The Morgan fingerprint density at radius 3 is 2.07 bits per heavy atom. The number of likely N-dealkylation sites (N-methyl/N-ethyl adjacent to an activating group) is 1. The van der Waals surface area contributed by atoms with Crippen LogP contribution < -0.4 is 10.6 Å². The first-order valence-corrected chi connectivity index (χ1v) is 9.37. The van der Waals surface area contributed by atoms with Gasteiger partial charge in [0.1, 0.15) is 0 Å². The lowest BCUT2D eigenvalue weighted by molar-refractivity contribution is -0.120. The van der Waals surface area contributed by atoms with Gasteiger partial charge >= 0.3 is 0 Å². The van der Waals surface area contributed by atoms with Gasteiger partial charge in [-0.25, -0.2) is 0 Å². The number of anilines is 2. The van der Waals surface area contributed by atoms with Gasteiger partial charge in [-0.3, -0.25) is 19.4 Å². The Balaban J connectivity index is 1.86. The third kappa shape index (κ3) is 5.08. The van der Waals surface area contributed by atoms with E-state index in [2.05, 4.69) is 15.6 Å². The Bertz CT molecular complexity index is 1020. The molecule has 0 bridgehead atoms. The zero-order valence-corrected chi connectivity index (χ0v) is 16.7. The molecule has 1 heterocycles. The molecule has 2 N–H and O–H groups in total. The van der Waals surface area contributed by atoms with E-state index in [9.17, 15) is 14.4 Å². The number of pyridine rings is 1. The number of carbonyl (C=O) groups excluding carboxylic acids is 3. The number of carbonyl (C=O) groups is 3. The molecule has 0 aliphatic rings. The Hall–Kier alpha value is -4.00. The fourth-order valence-electron chi connectivity index (χ4n) is 3.00. The van der Waals surface area contributed by atoms with Crippen LogP contribution >= 0.6 is 0 Å².